The maximum atomic E-state index is 13.4. The average molecular weight is 411 g/mol. The van der Waals surface area contributed by atoms with Crippen LogP contribution in [0.2, 0.25) is 0 Å². The molecule has 0 amide bonds. The van der Waals surface area contributed by atoms with E-state index < -0.39 is 11.7 Å². The molecule has 2 aromatic heterocycles. The van der Waals surface area contributed by atoms with Crippen LogP contribution in [-0.4, -0.2) is 15.1 Å². The van der Waals surface area contributed by atoms with E-state index in [1.807, 2.05) is 6.07 Å². The van der Waals surface area contributed by atoms with Crippen LogP contribution in [0.15, 0.2) is 53.1 Å². The van der Waals surface area contributed by atoms with Crippen LogP contribution in [0.25, 0.3) is 33.7 Å². The minimum absolute atomic E-state index is 0.141. The van der Waals surface area contributed by atoms with Crippen molar-refractivity contribution in [2.24, 2.45) is 0 Å². The molecule has 7 heteroatoms. The topological polar surface area (TPSA) is 54.7 Å². The van der Waals surface area contributed by atoms with Crippen molar-refractivity contribution in [1.82, 2.24) is 15.1 Å². The first-order valence-electron chi connectivity index (χ1n) is 10.1. The maximum absolute atomic E-state index is 13.4. The second-order valence-electron chi connectivity index (χ2n) is 7.81. The Hall–Kier alpha value is -3.09. The van der Waals surface area contributed by atoms with Crippen LogP contribution in [0, 0.1) is 0 Å². The Bertz CT molecular complexity index is 1190. The van der Waals surface area contributed by atoms with E-state index in [9.17, 15) is 13.2 Å². The van der Waals surface area contributed by atoms with E-state index in [1.54, 1.807) is 24.3 Å². The number of nitrogens with one attached hydrogen (secondary N) is 1. The molecule has 0 radical (unpaired) electrons. The molecule has 0 unspecified atom stereocenters. The third-order valence-corrected chi connectivity index (χ3v) is 5.81. The number of aromatic nitrogens is 3. The summed E-state index contributed by atoms with van der Waals surface area (Å²) < 4.78 is 45.7. The Morgan fingerprint density at radius 3 is 2.57 bits per heavy atom. The molecule has 30 heavy (non-hydrogen) atoms. The van der Waals surface area contributed by atoms with Gasteiger partial charge in [0.2, 0.25) is 5.76 Å². The van der Waals surface area contributed by atoms with Gasteiger partial charge in [-0.25, -0.2) is 4.98 Å². The number of H-pyrrole nitrogens is 1. The van der Waals surface area contributed by atoms with Crippen LogP contribution in [0.3, 0.4) is 0 Å². The van der Waals surface area contributed by atoms with E-state index in [4.69, 9.17) is 4.52 Å². The number of fused-ring (bicyclic) bond motifs is 1. The zero-order valence-electron chi connectivity index (χ0n) is 16.2. The molecule has 0 bridgehead atoms. The van der Waals surface area contributed by atoms with Gasteiger partial charge in [-0.3, -0.25) is 0 Å². The van der Waals surface area contributed by atoms with Crippen molar-refractivity contribution in [2.75, 3.05) is 0 Å². The third kappa shape index (κ3) is 3.49. The van der Waals surface area contributed by atoms with E-state index in [2.05, 4.69) is 15.1 Å². The van der Waals surface area contributed by atoms with Crippen LogP contribution < -0.4 is 0 Å². The first-order chi connectivity index (χ1) is 14.5. The van der Waals surface area contributed by atoms with Gasteiger partial charge in [-0.1, -0.05) is 48.7 Å². The van der Waals surface area contributed by atoms with Gasteiger partial charge in [0.1, 0.15) is 0 Å². The number of aromatic amines is 1. The van der Waals surface area contributed by atoms with Crippen molar-refractivity contribution >= 4 is 11.0 Å². The van der Waals surface area contributed by atoms with Crippen molar-refractivity contribution in [3.05, 3.63) is 59.8 Å². The lowest BCUT2D eigenvalue weighted by molar-refractivity contribution is -0.137. The van der Waals surface area contributed by atoms with Gasteiger partial charge in [-0.05, 0) is 42.2 Å². The molecule has 0 atom stereocenters. The lowest BCUT2D eigenvalue weighted by atomic mass is 9.87. The number of nitrogens with zero attached hydrogens (tertiary/aromatic N) is 2. The summed E-state index contributed by atoms with van der Waals surface area (Å²) in [5.74, 6) is 1.50. The molecular formula is C23H20F3N3O. The Kier molecular flexibility index (Phi) is 4.60. The van der Waals surface area contributed by atoms with Gasteiger partial charge in [0.15, 0.2) is 5.82 Å². The highest BCUT2D eigenvalue weighted by Gasteiger charge is 2.33. The lowest BCUT2D eigenvalue weighted by Crippen LogP contribution is -2.06. The molecule has 1 N–H and O–H groups in total. The summed E-state index contributed by atoms with van der Waals surface area (Å²) in [6.45, 7) is 0. The molecule has 0 aliphatic heterocycles. The van der Waals surface area contributed by atoms with Crippen molar-refractivity contribution in [2.45, 2.75) is 44.2 Å². The first kappa shape index (κ1) is 18.9. The fourth-order valence-electron chi connectivity index (χ4n) is 4.27. The van der Waals surface area contributed by atoms with Gasteiger partial charge in [0.05, 0.1) is 22.3 Å². The highest BCUT2D eigenvalue weighted by atomic mass is 19.4. The third-order valence-electron chi connectivity index (χ3n) is 5.81. The smallest absolute Gasteiger partial charge is 0.353 e. The molecule has 0 saturated heterocycles. The molecule has 2 heterocycles. The van der Waals surface area contributed by atoms with Gasteiger partial charge in [-0.2, -0.15) is 13.2 Å². The number of halogens is 3. The maximum Gasteiger partial charge on any atom is 0.417 e. The van der Waals surface area contributed by atoms with Crippen LogP contribution in [0.1, 0.15) is 49.3 Å². The molecule has 0 spiro atoms. The quantitative estimate of drug-likeness (QED) is 0.397. The van der Waals surface area contributed by atoms with E-state index >= 15 is 0 Å². The van der Waals surface area contributed by atoms with Crippen molar-refractivity contribution in [1.29, 1.82) is 0 Å². The van der Waals surface area contributed by atoms with Crippen LogP contribution >= 0.6 is 0 Å². The fraction of sp³-hybridized carbons (Fsp3) is 0.304. The zero-order valence-corrected chi connectivity index (χ0v) is 16.2. The summed E-state index contributed by atoms with van der Waals surface area (Å²) in [7, 11) is 0. The minimum Gasteiger partial charge on any atom is -0.353 e. The Labute approximate surface area is 171 Å². The highest BCUT2D eigenvalue weighted by Crippen LogP contribution is 2.38. The second kappa shape index (κ2) is 7.31. The summed E-state index contributed by atoms with van der Waals surface area (Å²) in [6, 6.07) is 12.6. The van der Waals surface area contributed by atoms with Crippen molar-refractivity contribution < 1.29 is 17.7 Å². The molecule has 154 valence electrons. The number of rotatable bonds is 3. The summed E-state index contributed by atoms with van der Waals surface area (Å²) in [6.07, 6.45) is 1.51. The van der Waals surface area contributed by atoms with Gasteiger partial charge < -0.3 is 9.51 Å². The summed E-state index contributed by atoms with van der Waals surface area (Å²) in [4.78, 5) is 7.71. The standard InChI is InChI=1S/C23H20F3N3O/c24-23(25,26)17-9-5-4-8-16(17)15-10-11-18-20(12-15)28-22(27-18)21-13-19(29-30-21)14-6-2-1-3-7-14/h4-5,8-14H,1-3,6-7H2,(H,27,28). The van der Waals surface area contributed by atoms with Crippen LogP contribution in [0.4, 0.5) is 13.2 Å². The van der Waals surface area contributed by atoms with E-state index in [0.29, 0.717) is 34.1 Å². The van der Waals surface area contributed by atoms with Gasteiger partial charge in [0.25, 0.3) is 0 Å². The molecule has 1 fully saturated rings. The zero-order chi connectivity index (χ0) is 20.7. The normalized spacial score (nSPS) is 15.7. The molecular weight excluding hydrogens is 391 g/mol. The molecule has 4 aromatic rings. The van der Waals surface area contributed by atoms with Crippen LogP contribution in [0.5, 0.6) is 0 Å². The van der Waals surface area contributed by atoms with E-state index in [0.717, 1.165) is 24.6 Å². The molecule has 5 rings (SSSR count). The average Bonchev–Trinajstić information content (AvgIpc) is 3.40. The monoisotopic (exact) mass is 411 g/mol. The minimum atomic E-state index is -4.42. The fourth-order valence-corrected chi connectivity index (χ4v) is 4.27. The number of hydrogen-bond donors (Lipinski definition) is 1. The predicted octanol–water partition coefficient (Wildman–Crippen LogP) is 6.95. The largest absolute Gasteiger partial charge is 0.417 e. The number of benzene rings is 2. The van der Waals surface area contributed by atoms with Gasteiger partial charge in [0, 0.05) is 12.0 Å². The lowest BCUT2D eigenvalue weighted by Gasteiger charge is -2.18. The summed E-state index contributed by atoms with van der Waals surface area (Å²) in [5.41, 5.74) is 2.22. The van der Waals surface area contributed by atoms with Gasteiger partial charge >= 0.3 is 6.18 Å². The number of hydrogen-bond acceptors (Lipinski definition) is 3. The number of imidazole rings is 1. The predicted molar refractivity (Wildman–Crippen MR) is 108 cm³/mol. The van der Waals surface area contributed by atoms with E-state index in [1.165, 1.54) is 31.4 Å². The van der Waals surface area contributed by atoms with E-state index in [-0.39, 0.29) is 5.56 Å². The first-order valence-corrected chi connectivity index (χ1v) is 10.1. The van der Waals surface area contributed by atoms with Crippen molar-refractivity contribution in [3.8, 4) is 22.7 Å². The number of alkyl halides is 3. The van der Waals surface area contributed by atoms with Crippen LogP contribution in [-0.2, 0) is 6.18 Å². The molecule has 1 aliphatic carbocycles. The summed E-state index contributed by atoms with van der Waals surface area (Å²) in [5, 5.41) is 4.23. The second-order valence-corrected chi connectivity index (χ2v) is 7.81. The SMILES string of the molecule is FC(F)(F)c1ccccc1-c1ccc2nc(-c3cc(C4CCCCC4)no3)[nH]c2c1. The Morgan fingerprint density at radius 1 is 0.967 bits per heavy atom. The van der Waals surface area contributed by atoms with Gasteiger partial charge in [-0.15, -0.1) is 0 Å². The summed E-state index contributed by atoms with van der Waals surface area (Å²) >= 11 is 0. The highest BCUT2D eigenvalue weighted by molar-refractivity contribution is 5.84. The Morgan fingerprint density at radius 2 is 1.77 bits per heavy atom. The molecule has 1 saturated carbocycles. The Balaban J connectivity index is 1.49. The molecule has 4 nitrogen and oxygen atoms in total. The molecule has 1 aliphatic rings. The van der Waals surface area contributed by atoms with Crippen molar-refractivity contribution in [3.63, 3.8) is 0 Å². The molecule has 2 aromatic carbocycles.